The Morgan fingerprint density at radius 1 is 1.00 bits per heavy atom. The molecule has 1 saturated heterocycles. The number of carboxylic acid groups (broad SMARTS) is 1. The second kappa shape index (κ2) is 12.4. The van der Waals surface area contributed by atoms with Crippen LogP contribution in [-0.2, 0) is 19.1 Å². The normalized spacial score (nSPS) is 29.5. The van der Waals surface area contributed by atoms with Crippen molar-refractivity contribution >= 4 is 11.9 Å². The molecule has 3 aliphatic heterocycles. The number of hydrogen-bond donors (Lipinski definition) is 6. The number of carbonyl (C=O) groups is 2. The maximum absolute atomic E-state index is 12.1. The first-order valence-electron chi connectivity index (χ1n) is 15.0. The number of fused-ring (bicyclic) bond motifs is 6. The predicted octanol–water partition coefficient (Wildman–Crippen LogP) is 0.443. The van der Waals surface area contributed by atoms with Gasteiger partial charge in [0.25, 0.3) is 0 Å². The molecule has 3 heterocycles. The number of ether oxygens (including phenoxy) is 7. The van der Waals surface area contributed by atoms with Gasteiger partial charge in [0.05, 0.1) is 26.3 Å². The zero-order chi connectivity index (χ0) is 32.9. The van der Waals surface area contributed by atoms with Gasteiger partial charge in [0.1, 0.15) is 54.0 Å². The Bertz CT molecular complexity index is 1480. The Labute approximate surface area is 263 Å². The molecule has 0 aromatic heterocycles. The minimum absolute atomic E-state index is 0.105. The molecule has 0 bridgehead atoms. The number of carbonyl (C=O) groups excluding carboxylic acids is 1. The topological polar surface area (TPSA) is 232 Å². The predicted molar refractivity (Wildman–Crippen MR) is 156 cm³/mol. The second-order valence-electron chi connectivity index (χ2n) is 12.0. The van der Waals surface area contributed by atoms with Crippen molar-refractivity contribution in [1.29, 1.82) is 0 Å². The summed E-state index contributed by atoms with van der Waals surface area (Å²) in [6, 6.07) is 8.89. The van der Waals surface area contributed by atoms with Crippen molar-refractivity contribution in [3.8, 4) is 28.7 Å². The Morgan fingerprint density at radius 2 is 1.72 bits per heavy atom. The van der Waals surface area contributed by atoms with Gasteiger partial charge < -0.3 is 65.1 Å². The highest BCUT2D eigenvalue weighted by molar-refractivity contribution is 5.90. The molecule has 15 nitrogen and oxygen atoms in total. The second-order valence-corrected chi connectivity index (χ2v) is 12.0. The highest BCUT2D eigenvalue weighted by atomic mass is 16.7. The van der Waals surface area contributed by atoms with E-state index in [1.807, 2.05) is 12.1 Å². The number of aliphatic carboxylic acids is 1. The smallest absolute Gasteiger partial charge is 0.317 e. The van der Waals surface area contributed by atoms with E-state index in [0.29, 0.717) is 23.0 Å². The molecule has 2 fully saturated rings. The molecular weight excluding hydrogens is 608 g/mol. The van der Waals surface area contributed by atoms with Crippen LogP contribution in [0, 0.1) is 0 Å². The molecule has 1 spiro atoms. The van der Waals surface area contributed by atoms with Crippen molar-refractivity contribution < 1.29 is 63.2 Å². The average molecular weight is 647 g/mol. The van der Waals surface area contributed by atoms with E-state index in [2.05, 4.69) is 0 Å². The zero-order valence-electron chi connectivity index (χ0n) is 25.2. The molecule has 8 N–H and O–H groups in total. The van der Waals surface area contributed by atoms with Crippen LogP contribution in [0.25, 0.3) is 0 Å². The molecule has 8 atom stereocenters. The van der Waals surface area contributed by atoms with Crippen molar-refractivity contribution in [1.82, 2.24) is 0 Å². The Balaban J connectivity index is 1.28. The van der Waals surface area contributed by atoms with E-state index in [-0.39, 0.29) is 11.7 Å². The van der Waals surface area contributed by atoms with Gasteiger partial charge in [-0.2, -0.15) is 0 Å². The lowest BCUT2D eigenvalue weighted by atomic mass is 9.74. The summed E-state index contributed by atoms with van der Waals surface area (Å²) in [6.45, 7) is 0. The summed E-state index contributed by atoms with van der Waals surface area (Å²) in [5.41, 5.74) is 12.7. The lowest BCUT2D eigenvalue weighted by Gasteiger charge is -2.44. The molecule has 250 valence electrons. The minimum atomic E-state index is -1.82. The highest BCUT2D eigenvalue weighted by Gasteiger charge is 2.57. The van der Waals surface area contributed by atoms with Gasteiger partial charge in [0.2, 0.25) is 12.0 Å². The third-order valence-corrected chi connectivity index (χ3v) is 9.16. The standard InChI is InChI=1S/C31H38N2O13/c1-40-16-8-7-15-20-24(44-25(15)26(16)41-2)14-6-5-13(11-17(14)46-31(20)9-3-4-10-31)42-30-23(39)21(37)22(38)27(45-30)28(29(32)33)43-19(36)12-18(34)35/h5-8,11,20-24,27-30,37-39H,3-4,9-10,12,32-33H2,1-2H3,(H,34,35). The maximum atomic E-state index is 12.1. The maximum Gasteiger partial charge on any atom is 0.317 e. The van der Waals surface area contributed by atoms with Crippen LogP contribution in [0.2, 0.25) is 0 Å². The number of aliphatic hydroxyl groups is 3. The van der Waals surface area contributed by atoms with E-state index in [9.17, 15) is 24.9 Å². The number of hydrogen-bond acceptors (Lipinski definition) is 14. The molecule has 6 rings (SSSR count). The number of aliphatic hydroxyl groups excluding tert-OH is 3. The molecule has 1 saturated carbocycles. The van der Waals surface area contributed by atoms with E-state index in [1.54, 1.807) is 32.4 Å². The quantitative estimate of drug-likeness (QED) is 0.123. The fourth-order valence-electron chi connectivity index (χ4n) is 7.08. The highest BCUT2D eigenvalue weighted by Crippen LogP contribution is 2.64. The van der Waals surface area contributed by atoms with Gasteiger partial charge in [-0.1, -0.05) is 6.07 Å². The van der Waals surface area contributed by atoms with Crippen molar-refractivity contribution in [2.45, 2.75) is 92.7 Å². The largest absolute Gasteiger partial charge is 0.493 e. The van der Waals surface area contributed by atoms with E-state index in [1.165, 1.54) is 0 Å². The van der Waals surface area contributed by atoms with E-state index < -0.39 is 73.0 Å². The summed E-state index contributed by atoms with van der Waals surface area (Å²) in [4.78, 5) is 23.0. The van der Waals surface area contributed by atoms with Crippen LogP contribution in [0.15, 0.2) is 30.3 Å². The van der Waals surface area contributed by atoms with Crippen molar-refractivity contribution in [3.63, 3.8) is 0 Å². The molecule has 4 aliphatic rings. The van der Waals surface area contributed by atoms with Crippen LogP contribution in [-0.4, -0.2) is 95.2 Å². The number of nitrogens with two attached hydrogens (primary N) is 2. The van der Waals surface area contributed by atoms with E-state index >= 15 is 0 Å². The lowest BCUT2D eigenvalue weighted by molar-refractivity contribution is -0.291. The molecule has 0 radical (unpaired) electrons. The van der Waals surface area contributed by atoms with Gasteiger partial charge >= 0.3 is 11.9 Å². The summed E-state index contributed by atoms with van der Waals surface area (Å²) >= 11 is 0. The van der Waals surface area contributed by atoms with Gasteiger partial charge in [0, 0.05) is 17.2 Å². The van der Waals surface area contributed by atoms with Gasteiger partial charge in [0.15, 0.2) is 17.6 Å². The summed E-state index contributed by atoms with van der Waals surface area (Å²) in [7, 11) is 3.13. The molecule has 2 aromatic rings. The first kappa shape index (κ1) is 32.1. The SMILES string of the molecule is COc1ccc2c(c1OC)OC1c3ccc(OC4OC(C(OC(=O)CC(=O)O)C(N)N)C(O)C(O)C4O)cc3OC3(CCCC3)C21. The summed E-state index contributed by atoms with van der Waals surface area (Å²) in [6.07, 6.45) is -9.40. The Hall–Kier alpha value is -3.86. The van der Waals surface area contributed by atoms with Crippen LogP contribution >= 0.6 is 0 Å². The molecule has 15 heteroatoms. The zero-order valence-corrected chi connectivity index (χ0v) is 25.2. The van der Waals surface area contributed by atoms with Crippen molar-refractivity contribution in [3.05, 3.63) is 41.5 Å². The van der Waals surface area contributed by atoms with E-state index in [0.717, 1.165) is 36.8 Å². The van der Waals surface area contributed by atoms with Gasteiger partial charge in [-0.15, -0.1) is 0 Å². The summed E-state index contributed by atoms with van der Waals surface area (Å²) in [5.74, 6) is -0.384. The number of methoxy groups -OCH3 is 2. The van der Waals surface area contributed by atoms with Crippen LogP contribution in [0.4, 0.5) is 0 Å². The van der Waals surface area contributed by atoms with Crippen LogP contribution in [0.5, 0.6) is 28.7 Å². The first-order valence-corrected chi connectivity index (χ1v) is 15.0. The third-order valence-electron chi connectivity index (χ3n) is 9.16. The Morgan fingerprint density at radius 3 is 2.37 bits per heavy atom. The molecule has 1 aliphatic carbocycles. The van der Waals surface area contributed by atoms with Gasteiger partial charge in [-0.25, -0.2) is 0 Å². The van der Waals surface area contributed by atoms with Crippen LogP contribution < -0.4 is 35.2 Å². The Kier molecular flexibility index (Phi) is 8.65. The van der Waals surface area contributed by atoms with Crippen LogP contribution in [0.3, 0.4) is 0 Å². The number of benzene rings is 2. The minimum Gasteiger partial charge on any atom is -0.493 e. The average Bonchev–Trinajstić information content (AvgIpc) is 3.65. The number of esters is 1. The van der Waals surface area contributed by atoms with Crippen molar-refractivity contribution in [2.75, 3.05) is 14.2 Å². The lowest BCUT2D eigenvalue weighted by Crippen LogP contribution is -2.66. The fourth-order valence-corrected chi connectivity index (χ4v) is 7.08. The van der Waals surface area contributed by atoms with Crippen LogP contribution in [0.1, 0.15) is 55.3 Å². The van der Waals surface area contributed by atoms with Gasteiger partial charge in [-0.3, -0.25) is 9.59 Å². The molecule has 2 aromatic carbocycles. The van der Waals surface area contributed by atoms with Crippen molar-refractivity contribution in [2.24, 2.45) is 11.5 Å². The molecule has 46 heavy (non-hydrogen) atoms. The monoisotopic (exact) mass is 646 g/mol. The molecular formula is C31H38N2O13. The fraction of sp³-hybridized carbons (Fsp3) is 0.548. The molecule has 0 amide bonds. The molecule has 8 unspecified atom stereocenters. The first-order chi connectivity index (χ1) is 22.0. The third kappa shape index (κ3) is 5.46. The van der Waals surface area contributed by atoms with Gasteiger partial charge in [-0.05, 0) is 43.9 Å². The number of carboxylic acids is 1. The summed E-state index contributed by atoms with van der Waals surface area (Å²) < 4.78 is 41.3. The van der Waals surface area contributed by atoms with E-state index in [4.69, 9.17) is 49.7 Å². The number of rotatable bonds is 9. The summed E-state index contributed by atoms with van der Waals surface area (Å²) in [5, 5.41) is 40.9.